The van der Waals surface area contributed by atoms with Gasteiger partial charge in [-0.1, -0.05) is 0 Å². The minimum Gasteiger partial charge on any atom is -0.309 e. The van der Waals surface area contributed by atoms with Crippen LogP contribution in [0.4, 0.5) is 0 Å². The predicted octanol–water partition coefficient (Wildman–Crippen LogP) is 2.85. The van der Waals surface area contributed by atoms with Crippen molar-refractivity contribution in [2.45, 2.75) is 53.2 Å². The summed E-state index contributed by atoms with van der Waals surface area (Å²) in [6, 6.07) is 0.156. The summed E-state index contributed by atoms with van der Waals surface area (Å²) in [7, 11) is 0. The Hall–Kier alpha value is -1.99. The van der Waals surface area contributed by atoms with Gasteiger partial charge < -0.3 is 10.3 Å². The molecule has 0 amide bonds. The number of nitrogens with one attached hydrogen (secondary N) is 2. The van der Waals surface area contributed by atoms with Gasteiger partial charge in [0.15, 0.2) is 0 Å². The molecule has 0 aliphatic heterocycles. The van der Waals surface area contributed by atoms with Crippen LogP contribution in [0.15, 0.2) is 17.2 Å². The van der Waals surface area contributed by atoms with E-state index in [0.717, 1.165) is 27.4 Å². The normalized spacial score (nSPS) is 14.2. The van der Waals surface area contributed by atoms with Crippen LogP contribution in [0.5, 0.6) is 0 Å². The van der Waals surface area contributed by atoms with Gasteiger partial charge in [-0.2, -0.15) is 5.10 Å². The van der Waals surface area contributed by atoms with Crippen LogP contribution in [0.2, 0.25) is 0 Å². The zero-order valence-corrected chi connectivity index (χ0v) is 15.5. The van der Waals surface area contributed by atoms with Crippen LogP contribution in [-0.2, 0) is 6.54 Å². The molecule has 0 spiro atoms. The highest BCUT2D eigenvalue weighted by molar-refractivity contribution is 7.18. The van der Waals surface area contributed by atoms with Crippen LogP contribution < -0.4 is 10.9 Å². The number of rotatable bonds is 5. The molecule has 128 valence electrons. The zero-order chi connectivity index (χ0) is 17.4. The van der Waals surface area contributed by atoms with Gasteiger partial charge in [0.1, 0.15) is 10.7 Å². The highest BCUT2D eigenvalue weighted by atomic mass is 32.1. The molecule has 24 heavy (non-hydrogen) atoms. The Kier molecular flexibility index (Phi) is 4.56. The first-order chi connectivity index (χ1) is 11.3. The molecule has 2 N–H and O–H groups in total. The van der Waals surface area contributed by atoms with Crippen molar-refractivity contribution in [2.75, 3.05) is 0 Å². The number of aromatic amines is 1. The topological polar surface area (TPSA) is 75.6 Å². The average Bonchev–Trinajstić information content (AvgIpc) is 3.02. The van der Waals surface area contributed by atoms with Gasteiger partial charge in [0.2, 0.25) is 0 Å². The molecule has 3 rings (SSSR count). The van der Waals surface area contributed by atoms with Crippen molar-refractivity contribution in [1.29, 1.82) is 0 Å². The van der Waals surface area contributed by atoms with Gasteiger partial charge in [0.05, 0.1) is 24.2 Å². The summed E-state index contributed by atoms with van der Waals surface area (Å²) in [6.07, 6.45) is 3.87. The molecule has 6 nitrogen and oxygen atoms in total. The van der Waals surface area contributed by atoms with Gasteiger partial charge in [0, 0.05) is 17.1 Å². The van der Waals surface area contributed by atoms with Crippen molar-refractivity contribution in [3.63, 3.8) is 0 Å². The molecule has 0 saturated carbocycles. The fourth-order valence-electron chi connectivity index (χ4n) is 2.88. The number of aryl methyl sites for hydroxylation is 3. The Balaban J connectivity index is 1.78. The molecule has 0 aliphatic rings. The number of thiophene rings is 1. The molecule has 0 fully saturated rings. The number of hydrogen-bond acceptors (Lipinski definition) is 5. The van der Waals surface area contributed by atoms with Gasteiger partial charge in [0.25, 0.3) is 5.56 Å². The minimum atomic E-state index is -0.0548. The fraction of sp³-hybridized carbons (Fsp3) is 0.471. The first kappa shape index (κ1) is 16.9. The summed E-state index contributed by atoms with van der Waals surface area (Å²) < 4.78 is 1.92. The van der Waals surface area contributed by atoms with E-state index in [-0.39, 0.29) is 17.6 Å². The van der Waals surface area contributed by atoms with Crippen molar-refractivity contribution in [1.82, 2.24) is 25.1 Å². The van der Waals surface area contributed by atoms with Gasteiger partial charge in [-0.05, 0) is 45.7 Å². The summed E-state index contributed by atoms with van der Waals surface area (Å²) in [5.74, 6) is 0.678. The lowest BCUT2D eigenvalue weighted by Gasteiger charge is -2.19. The van der Waals surface area contributed by atoms with Gasteiger partial charge >= 0.3 is 0 Å². The first-order valence-corrected chi connectivity index (χ1v) is 8.92. The number of aromatic nitrogens is 4. The smallest absolute Gasteiger partial charge is 0.259 e. The highest BCUT2D eigenvalue weighted by Gasteiger charge is 2.16. The Morgan fingerprint density at radius 2 is 2.08 bits per heavy atom. The van der Waals surface area contributed by atoms with E-state index in [1.165, 1.54) is 0 Å². The molecule has 7 heteroatoms. The number of fused-ring (bicyclic) bond motifs is 1. The summed E-state index contributed by atoms with van der Waals surface area (Å²) in [5, 5.41) is 8.50. The van der Waals surface area contributed by atoms with Crippen molar-refractivity contribution in [3.05, 3.63) is 44.6 Å². The SMILES string of the molecule is Cc1cnn(CC(C)NC(C)c2nc3sc(C)c(C)c3c(=O)[nH]2)c1. The molecule has 3 aromatic rings. The second-order valence-electron chi connectivity index (χ2n) is 6.44. The molecule has 0 aliphatic carbocycles. The van der Waals surface area contributed by atoms with E-state index in [1.54, 1.807) is 11.3 Å². The summed E-state index contributed by atoms with van der Waals surface area (Å²) in [4.78, 5) is 21.9. The number of nitrogens with zero attached hydrogens (tertiary/aromatic N) is 3. The van der Waals surface area contributed by atoms with Gasteiger partial charge in [-0.3, -0.25) is 9.48 Å². The third kappa shape index (κ3) is 3.27. The summed E-state index contributed by atoms with van der Waals surface area (Å²) in [6.45, 7) is 10.9. The fourth-order valence-corrected chi connectivity index (χ4v) is 3.92. The van der Waals surface area contributed by atoms with Crippen LogP contribution >= 0.6 is 11.3 Å². The molecule has 0 aromatic carbocycles. The molecular formula is C17H23N5OS. The quantitative estimate of drug-likeness (QED) is 0.745. The van der Waals surface area contributed by atoms with E-state index >= 15 is 0 Å². The molecule has 0 bridgehead atoms. The lowest BCUT2D eigenvalue weighted by Crippen LogP contribution is -2.34. The third-order valence-electron chi connectivity index (χ3n) is 4.23. The largest absolute Gasteiger partial charge is 0.309 e. The minimum absolute atomic E-state index is 0.0449. The Labute approximate surface area is 144 Å². The van der Waals surface area contributed by atoms with E-state index < -0.39 is 0 Å². The number of hydrogen-bond donors (Lipinski definition) is 2. The highest BCUT2D eigenvalue weighted by Crippen LogP contribution is 2.26. The Bertz CT molecular complexity index is 923. The zero-order valence-electron chi connectivity index (χ0n) is 14.7. The van der Waals surface area contributed by atoms with E-state index in [1.807, 2.05) is 44.8 Å². The summed E-state index contributed by atoms with van der Waals surface area (Å²) in [5.41, 5.74) is 2.12. The Morgan fingerprint density at radius 1 is 1.33 bits per heavy atom. The molecule has 0 radical (unpaired) electrons. The number of H-pyrrole nitrogens is 1. The van der Waals surface area contributed by atoms with Gasteiger partial charge in [-0.15, -0.1) is 11.3 Å². The monoisotopic (exact) mass is 345 g/mol. The van der Waals surface area contributed by atoms with E-state index in [2.05, 4.69) is 27.3 Å². The Morgan fingerprint density at radius 3 is 2.75 bits per heavy atom. The van der Waals surface area contributed by atoms with Crippen LogP contribution in [0.3, 0.4) is 0 Å². The maximum atomic E-state index is 12.4. The second-order valence-corrected chi connectivity index (χ2v) is 7.65. The van der Waals surface area contributed by atoms with Crippen LogP contribution in [0.25, 0.3) is 10.2 Å². The predicted molar refractivity (Wildman–Crippen MR) is 97.7 cm³/mol. The van der Waals surface area contributed by atoms with Crippen LogP contribution in [0, 0.1) is 20.8 Å². The average molecular weight is 345 g/mol. The third-order valence-corrected chi connectivity index (χ3v) is 5.33. The molecule has 0 saturated heterocycles. The van der Waals surface area contributed by atoms with Crippen molar-refractivity contribution >= 4 is 21.6 Å². The second kappa shape index (κ2) is 6.49. The molecule has 3 heterocycles. The first-order valence-electron chi connectivity index (χ1n) is 8.10. The van der Waals surface area contributed by atoms with Gasteiger partial charge in [-0.25, -0.2) is 4.98 Å². The standard InChI is InChI=1S/C17H23N5OS/c1-9-6-18-22(7-9)8-10(2)19-12(4)15-20-16(23)14-11(3)13(5)24-17(14)21-15/h6-7,10,12,19H,8H2,1-5H3,(H,20,21,23). The van der Waals surface area contributed by atoms with Crippen LogP contribution in [-0.4, -0.2) is 25.8 Å². The van der Waals surface area contributed by atoms with E-state index in [9.17, 15) is 4.79 Å². The molecular weight excluding hydrogens is 322 g/mol. The lowest BCUT2D eigenvalue weighted by molar-refractivity contribution is 0.404. The lowest BCUT2D eigenvalue weighted by atomic mass is 10.2. The maximum absolute atomic E-state index is 12.4. The van der Waals surface area contributed by atoms with E-state index in [4.69, 9.17) is 0 Å². The summed E-state index contributed by atoms with van der Waals surface area (Å²) >= 11 is 1.58. The maximum Gasteiger partial charge on any atom is 0.259 e. The van der Waals surface area contributed by atoms with Crippen molar-refractivity contribution in [3.8, 4) is 0 Å². The molecule has 3 aromatic heterocycles. The van der Waals surface area contributed by atoms with Crippen LogP contribution in [0.1, 0.15) is 41.7 Å². The van der Waals surface area contributed by atoms with Crippen molar-refractivity contribution < 1.29 is 0 Å². The molecule has 2 unspecified atom stereocenters. The van der Waals surface area contributed by atoms with E-state index in [0.29, 0.717) is 11.2 Å². The van der Waals surface area contributed by atoms with Crippen molar-refractivity contribution in [2.24, 2.45) is 0 Å². The molecule has 2 atom stereocenters.